The molecule has 19 heavy (non-hydrogen) atoms. The van der Waals surface area contributed by atoms with E-state index in [4.69, 9.17) is 14.4 Å². The lowest BCUT2D eigenvalue weighted by molar-refractivity contribution is 0.226. The Morgan fingerprint density at radius 3 is 2.11 bits per heavy atom. The van der Waals surface area contributed by atoms with Gasteiger partial charge in [0, 0.05) is 12.1 Å². The van der Waals surface area contributed by atoms with Crippen molar-refractivity contribution in [1.29, 1.82) is 0 Å². The molecule has 108 valence electrons. The van der Waals surface area contributed by atoms with Gasteiger partial charge in [0.05, 0.1) is 6.54 Å². The number of benzene rings is 1. The van der Waals surface area contributed by atoms with Crippen LogP contribution in [-0.2, 0) is 0 Å². The molecule has 0 saturated heterocycles. The number of hydrogen-bond acceptors (Lipinski definition) is 4. The van der Waals surface area contributed by atoms with E-state index in [1.807, 2.05) is 0 Å². The highest BCUT2D eigenvalue weighted by Gasteiger charge is 2.27. The van der Waals surface area contributed by atoms with Gasteiger partial charge in [-0.3, -0.25) is 0 Å². The monoisotopic (exact) mass is 303 g/mol. The van der Waals surface area contributed by atoms with E-state index >= 15 is 0 Å². The molecule has 4 nitrogen and oxygen atoms in total. The third-order valence-corrected chi connectivity index (χ3v) is 3.24. The normalized spacial score (nSPS) is 11.8. The molecule has 10 heteroatoms. The highest BCUT2D eigenvalue weighted by molar-refractivity contribution is 6.56. The summed E-state index contributed by atoms with van der Waals surface area (Å²) in [6, 6.07) is -0.406. The van der Waals surface area contributed by atoms with E-state index in [-0.39, 0.29) is 12.5 Å². The van der Waals surface area contributed by atoms with Gasteiger partial charge in [-0.2, -0.15) is 0 Å². The molecule has 1 aromatic carbocycles. The first-order valence-electron chi connectivity index (χ1n) is 5.07. The fourth-order valence-corrected chi connectivity index (χ4v) is 1.94. The van der Waals surface area contributed by atoms with Gasteiger partial charge in [-0.25, -0.2) is 22.7 Å². The molecular formula is C9H10F5NO3Si. The predicted molar refractivity (Wildman–Crippen MR) is 56.6 cm³/mol. The molecule has 0 heterocycles. The smallest absolute Gasteiger partial charge is 0.390 e. The Balaban J connectivity index is 2.80. The molecule has 1 rings (SSSR count). The van der Waals surface area contributed by atoms with E-state index in [1.54, 1.807) is 0 Å². The Kier molecular flexibility index (Phi) is 4.84. The molecule has 0 aliphatic rings. The number of anilines is 1. The Morgan fingerprint density at radius 1 is 1.00 bits per heavy atom. The highest BCUT2D eigenvalue weighted by atomic mass is 28.4. The average Bonchev–Trinajstić information content (AvgIpc) is 2.29. The summed E-state index contributed by atoms with van der Waals surface area (Å²) in [4.78, 5) is 25.9. The molecule has 0 amide bonds. The van der Waals surface area contributed by atoms with Crippen molar-refractivity contribution >= 4 is 14.5 Å². The van der Waals surface area contributed by atoms with Crippen LogP contribution in [-0.4, -0.2) is 29.7 Å². The number of nitrogens with zero attached hydrogens (tertiary/aromatic N) is 1. The van der Waals surface area contributed by atoms with Crippen LogP contribution >= 0.6 is 0 Å². The second kappa shape index (κ2) is 5.82. The standard InChI is InChI=1S/C9H10F5NO3Si/c10-5-4-6(8(12)9(13)7(5)11)15(14)2-1-3-19(16,17)18/h4,16-18H,1-3H2. The maximum atomic E-state index is 13.4. The number of rotatable bonds is 5. The van der Waals surface area contributed by atoms with Gasteiger partial charge < -0.3 is 14.4 Å². The Morgan fingerprint density at radius 2 is 1.58 bits per heavy atom. The van der Waals surface area contributed by atoms with Crippen LogP contribution in [0.1, 0.15) is 6.42 Å². The lowest BCUT2D eigenvalue weighted by atomic mass is 10.2. The molecule has 1 aromatic rings. The summed E-state index contributed by atoms with van der Waals surface area (Å²) in [6.45, 7) is -0.669. The summed E-state index contributed by atoms with van der Waals surface area (Å²) in [5, 5.41) is -0.416. The number of halogens is 5. The van der Waals surface area contributed by atoms with Crippen LogP contribution < -0.4 is 5.12 Å². The fourth-order valence-electron chi connectivity index (χ4n) is 1.31. The van der Waals surface area contributed by atoms with Gasteiger partial charge in [0.15, 0.2) is 23.3 Å². The summed E-state index contributed by atoms with van der Waals surface area (Å²) in [6.07, 6.45) is -0.313. The first-order chi connectivity index (χ1) is 8.63. The van der Waals surface area contributed by atoms with Gasteiger partial charge in [-0.05, 0) is 6.42 Å². The van der Waals surface area contributed by atoms with Gasteiger partial charge in [-0.1, -0.05) is 4.48 Å². The molecular weight excluding hydrogens is 293 g/mol. The molecule has 0 aromatic heterocycles. The summed E-state index contributed by atoms with van der Waals surface area (Å²) in [5.41, 5.74) is -1.16. The van der Waals surface area contributed by atoms with E-state index in [0.29, 0.717) is 0 Å². The van der Waals surface area contributed by atoms with E-state index in [2.05, 4.69) is 0 Å². The van der Waals surface area contributed by atoms with Gasteiger partial charge >= 0.3 is 8.80 Å². The van der Waals surface area contributed by atoms with Crippen molar-refractivity contribution < 1.29 is 36.4 Å². The van der Waals surface area contributed by atoms with Crippen LogP contribution in [0.3, 0.4) is 0 Å². The maximum absolute atomic E-state index is 13.4. The van der Waals surface area contributed by atoms with Crippen LogP contribution in [0, 0.1) is 23.3 Å². The SMILES string of the molecule is O[Si](O)(O)CCCN(F)c1cc(F)c(F)c(F)c1F. The van der Waals surface area contributed by atoms with Crippen molar-refractivity contribution in [2.45, 2.75) is 12.5 Å². The summed E-state index contributed by atoms with van der Waals surface area (Å²) < 4.78 is 64.8. The van der Waals surface area contributed by atoms with E-state index in [0.717, 1.165) is 0 Å². The van der Waals surface area contributed by atoms with Gasteiger partial charge in [0.2, 0.25) is 0 Å². The van der Waals surface area contributed by atoms with Crippen molar-refractivity contribution in [3.63, 3.8) is 0 Å². The molecule has 0 radical (unpaired) electrons. The van der Waals surface area contributed by atoms with E-state index < -0.39 is 55.5 Å². The van der Waals surface area contributed by atoms with Gasteiger partial charge in [0.1, 0.15) is 5.69 Å². The van der Waals surface area contributed by atoms with Crippen molar-refractivity contribution in [3.05, 3.63) is 29.3 Å². The van der Waals surface area contributed by atoms with Gasteiger partial charge in [0.25, 0.3) is 0 Å². The van der Waals surface area contributed by atoms with Crippen molar-refractivity contribution in [2.24, 2.45) is 0 Å². The Hall–Kier alpha value is -1.23. The quantitative estimate of drug-likeness (QED) is 0.252. The molecule has 3 N–H and O–H groups in total. The molecule has 0 aliphatic heterocycles. The Labute approximate surface area is 105 Å². The minimum Gasteiger partial charge on any atom is -0.390 e. The van der Waals surface area contributed by atoms with Crippen LogP contribution in [0.4, 0.5) is 27.7 Å². The fraction of sp³-hybridized carbons (Fsp3) is 0.333. The van der Waals surface area contributed by atoms with Crippen LogP contribution in [0.25, 0.3) is 0 Å². The number of hydrogen-bond donors (Lipinski definition) is 3. The first kappa shape index (κ1) is 15.8. The van der Waals surface area contributed by atoms with E-state index in [1.165, 1.54) is 0 Å². The second-order valence-electron chi connectivity index (χ2n) is 3.78. The van der Waals surface area contributed by atoms with Crippen molar-refractivity contribution in [1.82, 2.24) is 0 Å². The second-order valence-corrected chi connectivity index (χ2v) is 5.83. The topological polar surface area (TPSA) is 63.9 Å². The molecule has 0 unspecified atom stereocenters. The lowest BCUT2D eigenvalue weighted by Gasteiger charge is -2.16. The minimum absolute atomic E-state index is 0.134. The molecule has 0 fully saturated rings. The summed E-state index contributed by atoms with van der Waals surface area (Å²) in [7, 11) is -4.36. The summed E-state index contributed by atoms with van der Waals surface area (Å²) in [5.74, 6) is -7.86. The highest BCUT2D eigenvalue weighted by Crippen LogP contribution is 2.26. The van der Waals surface area contributed by atoms with Crippen LogP contribution in [0.2, 0.25) is 6.04 Å². The molecule has 0 bridgehead atoms. The van der Waals surface area contributed by atoms with Crippen LogP contribution in [0.5, 0.6) is 0 Å². The zero-order valence-corrected chi connectivity index (χ0v) is 10.4. The largest absolute Gasteiger partial charge is 0.492 e. The molecule has 0 aliphatic carbocycles. The van der Waals surface area contributed by atoms with Crippen molar-refractivity contribution in [2.75, 3.05) is 11.7 Å². The predicted octanol–water partition coefficient (Wildman–Crippen LogP) is 1.24. The minimum atomic E-state index is -4.36. The lowest BCUT2D eigenvalue weighted by Crippen LogP contribution is -2.35. The van der Waals surface area contributed by atoms with Crippen molar-refractivity contribution in [3.8, 4) is 0 Å². The third-order valence-electron chi connectivity index (χ3n) is 2.21. The third kappa shape index (κ3) is 4.13. The summed E-state index contributed by atoms with van der Waals surface area (Å²) >= 11 is 0. The van der Waals surface area contributed by atoms with E-state index in [9.17, 15) is 22.0 Å². The first-order valence-corrected chi connectivity index (χ1v) is 7.12. The average molecular weight is 303 g/mol. The molecule has 0 saturated carbocycles. The maximum Gasteiger partial charge on any atom is 0.492 e. The Bertz CT molecular complexity index is 468. The zero-order valence-electron chi connectivity index (χ0n) is 9.38. The molecule has 0 spiro atoms. The molecule has 0 atom stereocenters. The van der Waals surface area contributed by atoms with Gasteiger partial charge in [-0.15, -0.1) is 0 Å². The van der Waals surface area contributed by atoms with Crippen LogP contribution in [0.15, 0.2) is 6.07 Å². The zero-order chi connectivity index (χ0) is 14.8.